The van der Waals surface area contributed by atoms with Gasteiger partial charge in [-0.2, -0.15) is 0 Å². The Balaban J connectivity index is 1.83. The standard InChI is InChI=1S/C32H42N2O2/c1-25-9-11-27(12-10-25)26(2)32(28-13-17-30(18-14-28)35-23-7-21-33(3)4)29-15-19-31(20-16-29)36-24-8-22-34(5)6/h9-20H,7-8,21-24H2,1-6H3. The smallest absolute Gasteiger partial charge is 0.119 e. The zero-order chi connectivity index (χ0) is 25.9. The first-order valence-electron chi connectivity index (χ1n) is 12.9. The van der Waals surface area contributed by atoms with Crippen LogP contribution in [0.1, 0.15) is 42.0 Å². The second kappa shape index (κ2) is 13.9. The molecule has 0 aliphatic carbocycles. The molecule has 0 fully saturated rings. The maximum Gasteiger partial charge on any atom is 0.119 e. The highest BCUT2D eigenvalue weighted by atomic mass is 16.5. The SMILES string of the molecule is CC(=C(c1ccc(OCCCN(C)C)cc1)c1ccc(OCCCN(C)C)cc1)c1ccc(C)cc1. The topological polar surface area (TPSA) is 24.9 Å². The molecule has 0 radical (unpaired) electrons. The van der Waals surface area contributed by atoms with Crippen molar-refractivity contribution in [2.75, 3.05) is 54.5 Å². The summed E-state index contributed by atoms with van der Waals surface area (Å²) in [7, 11) is 8.34. The Bertz CT molecular complexity index is 1020. The highest BCUT2D eigenvalue weighted by Crippen LogP contribution is 2.34. The van der Waals surface area contributed by atoms with Gasteiger partial charge in [0, 0.05) is 13.1 Å². The van der Waals surface area contributed by atoms with Gasteiger partial charge in [0.25, 0.3) is 0 Å². The fraction of sp³-hybridized carbons (Fsp3) is 0.375. The molecule has 0 aromatic heterocycles. The molecule has 192 valence electrons. The lowest BCUT2D eigenvalue weighted by molar-refractivity contribution is 0.281. The van der Waals surface area contributed by atoms with Gasteiger partial charge in [0.1, 0.15) is 11.5 Å². The molecule has 0 N–H and O–H groups in total. The van der Waals surface area contributed by atoms with Crippen LogP contribution in [0.4, 0.5) is 0 Å². The summed E-state index contributed by atoms with van der Waals surface area (Å²) in [5.41, 5.74) is 7.30. The Hall–Kier alpha value is -3.08. The minimum atomic E-state index is 0.721. The monoisotopic (exact) mass is 486 g/mol. The molecule has 3 rings (SSSR count). The van der Waals surface area contributed by atoms with Crippen LogP contribution in [0, 0.1) is 6.92 Å². The summed E-state index contributed by atoms with van der Waals surface area (Å²) in [4.78, 5) is 4.36. The maximum absolute atomic E-state index is 5.97. The largest absolute Gasteiger partial charge is 0.494 e. The lowest BCUT2D eigenvalue weighted by Crippen LogP contribution is -2.15. The molecule has 0 bridgehead atoms. The molecule has 0 aliphatic heterocycles. The third-order valence-electron chi connectivity index (χ3n) is 6.18. The average Bonchev–Trinajstić information content (AvgIpc) is 2.86. The summed E-state index contributed by atoms with van der Waals surface area (Å²) in [5, 5.41) is 0. The summed E-state index contributed by atoms with van der Waals surface area (Å²) in [6.45, 7) is 7.82. The molecule has 4 heteroatoms. The van der Waals surface area contributed by atoms with E-state index in [0.29, 0.717) is 0 Å². The highest BCUT2D eigenvalue weighted by molar-refractivity contribution is 5.98. The van der Waals surface area contributed by atoms with Gasteiger partial charge in [-0.3, -0.25) is 0 Å². The Morgan fingerprint density at radius 1 is 0.583 bits per heavy atom. The van der Waals surface area contributed by atoms with Gasteiger partial charge in [-0.25, -0.2) is 0 Å². The predicted octanol–water partition coefficient (Wildman–Crippen LogP) is 6.64. The molecule has 0 saturated carbocycles. The predicted molar refractivity (Wildman–Crippen MR) is 153 cm³/mol. The van der Waals surface area contributed by atoms with Crippen LogP contribution < -0.4 is 9.47 Å². The second-order valence-electron chi connectivity index (χ2n) is 9.93. The summed E-state index contributed by atoms with van der Waals surface area (Å²) < 4.78 is 11.9. The van der Waals surface area contributed by atoms with E-state index in [-0.39, 0.29) is 0 Å². The molecule has 0 aliphatic rings. The summed E-state index contributed by atoms with van der Waals surface area (Å²) in [6, 6.07) is 25.7. The molecule has 4 nitrogen and oxygen atoms in total. The third kappa shape index (κ3) is 8.54. The number of hydrogen-bond acceptors (Lipinski definition) is 4. The van der Waals surface area contributed by atoms with Crippen LogP contribution in [0.3, 0.4) is 0 Å². The molecule has 3 aromatic rings. The number of rotatable bonds is 13. The van der Waals surface area contributed by atoms with Crippen LogP contribution in [-0.4, -0.2) is 64.3 Å². The molecule has 0 heterocycles. The lowest BCUT2D eigenvalue weighted by atomic mass is 9.90. The van der Waals surface area contributed by atoms with E-state index in [0.717, 1.165) is 50.6 Å². The first-order valence-corrected chi connectivity index (χ1v) is 12.9. The molecule has 0 unspecified atom stereocenters. The van der Waals surface area contributed by atoms with Crippen LogP contribution >= 0.6 is 0 Å². The Morgan fingerprint density at radius 3 is 1.36 bits per heavy atom. The molecule has 0 atom stereocenters. The van der Waals surface area contributed by atoms with Crippen molar-refractivity contribution in [3.05, 3.63) is 95.1 Å². The van der Waals surface area contributed by atoms with E-state index < -0.39 is 0 Å². The zero-order valence-electron chi connectivity index (χ0n) is 22.9. The molecular formula is C32H42N2O2. The number of nitrogens with zero attached hydrogens (tertiary/aromatic N) is 2. The van der Waals surface area contributed by atoms with E-state index in [1.54, 1.807) is 0 Å². The minimum Gasteiger partial charge on any atom is -0.494 e. The first-order chi connectivity index (χ1) is 17.3. The number of hydrogen-bond donors (Lipinski definition) is 0. The number of benzene rings is 3. The number of aryl methyl sites for hydroxylation is 1. The Kier molecular flexibility index (Phi) is 10.6. The van der Waals surface area contributed by atoms with E-state index in [1.165, 1.54) is 33.4 Å². The van der Waals surface area contributed by atoms with Crippen molar-refractivity contribution in [2.24, 2.45) is 0 Å². The average molecular weight is 487 g/mol. The van der Waals surface area contributed by atoms with Crippen molar-refractivity contribution >= 4 is 11.1 Å². The van der Waals surface area contributed by atoms with E-state index in [1.807, 2.05) is 0 Å². The summed E-state index contributed by atoms with van der Waals surface area (Å²) in [6.07, 6.45) is 2.02. The molecule has 36 heavy (non-hydrogen) atoms. The van der Waals surface area contributed by atoms with E-state index in [2.05, 4.69) is 125 Å². The first kappa shape index (κ1) is 27.5. The van der Waals surface area contributed by atoms with Crippen molar-refractivity contribution < 1.29 is 9.47 Å². The van der Waals surface area contributed by atoms with E-state index in [4.69, 9.17) is 9.47 Å². The van der Waals surface area contributed by atoms with Crippen LogP contribution in [0.25, 0.3) is 11.1 Å². The van der Waals surface area contributed by atoms with Gasteiger partial charge in [0.05, 0.1) is 13.2 Å². The van der Waals surface area contributed by atoms with Crippen LogP contribution in [0.15, 0.2) is 72.8 Å². The van der Waals surface area contributed by atoms with Gasteiger partial charge in [0.2, 0.25) is 0 Å². The quantitative estimate of drug-likeness (QED) is 0.200. The molecule has 0 spiro atoms. The zero-order valence-corrected chi connectivity index (χ0v) is 22.9. The Labute approximate surface area is 218 Å². The van der Waals surface area contributed by atoms with Gasteiger partial charge in [0.15, 0.2) is 0 Å². The van der Waals surface area contributed by atoms with E-state index >= 15 is 0 Å². The molecule has 0 saturated heterocycles. The van der Waals surface area contributed by atoms with Crippen molar-refractivity contribution in [2.45, 2.75) is 26.7 Å². The van der Waals surface area contributed by atoms with Crippen molar-refractivity contribution in [1.82, 2.24) is 9.80 Å². The van der Waals surface area contributed by atoms with Gasteiger partial charge >= 0.3 is 0 Å². The molecular weight excluding hydrogens is 444 g/mol. The van der Waals surface area contributed by atoms with Gasteiger partial charge < -0.3 is 19.3 Å². The highest BCUT2D eigenvalue weighted by Gasteiger charge is 2.12. The third-order valence-corrected chi connectivity index (χ3v) is 6.18. The summed E-state index contributed by atoms with van der Waals surface area (Å²) in [5.74, 6) is 1.82. The summed E-state index contributed by atoms with van der Waals surface area (Å²) >= 11 is 0. The fourth-order valence-corrected chi connectivity index (χ4v) is 4.12. The lowest BCUT2D eigenvalue weighted by Gasteiger charge is -2.16. The van der Waals surface area contributed by atoms with Crippen molar-refractivity contribution in [3.63, 3.8) is 0 Å². The van der Waals surface area contributed by atoms with Gasteiger partial charge in [-0.1, -0.05) is 54.1 Å². The van der Waals surface area contributed by atoms with E-state index in [9.17, 15) is 0 Å². The fourth-order valence-electron chi connectivity index (χ4n) is 4.12. The van der Waals surface area contributed by atoms with Gasteiger partial charge in [-0.15, -0.1) is 0 Å². The Morgan fingerprint density at radius 2 is 0.972 bits per heavy atom. The normalized spacial score (nSPS) is 11.1. The molecule has 3 aromatic carbocycles. The maximum atomic E-state index is 5.97. The minimum absolute atomic E-state index is 0.721. The molecule has 0 amide bonds. The van der Waals surface area contributed by atoms with Crippen molar-refractivity contribution in [1.29, 1.82) is 0 Å². The van der Waals surface area contributed by atoms with Crippen molar-refractivity contribution in [3.8, 4) is 11.5 Å². The number of allylic oxidation sites excluding steroid dienone is 1. The van der Waals surface area contributed by atoms with Crippen LogP contribution in [0.2, 0.25) is 0 Å². The number of ether oxygens (including phenoxy) is 2. The van der Waals surface area contributed by atoms with Gasteiger partial charge in [-0.05, 0) is 107 Å². The van der Waals surface area contributed by atoms with Crippen LogP contribution in [-0.2, 0) is 0 Å². The second-order valence-corrected chi connectivity index (χ2v) is 9.93. The van der Waals surface area contributed by atoms with Crippen LogP contribution in [0.5, 0.6) is 11.5 Å².